The lowest BCUT2D eigenvalue weighted by Crippen LogP contribution is -2.52. The number of methoxy groups -OCH3 is 1. The normalized spacial score (nSPS) is 23.0. The molecule has 3 unspecified atom stereocenters. The van der Waals surface area contributed by atoms with Gasteiger partial charge in [0, 0.05) is 26.0 Å². The molecule has 2 rings (SSSR count). The summed E-state index contributed by atoms with van der Waals surface area (Å²) in [5.74, 6) is -2.00. The highest BCUT2D eigenvalue weighted by Gasteiger charge is 2.64. The number of carbonyl (C=O) groups is 2. The van der Waals surface area contributed by atoms with Gasteiger partial charge in [-0.15, -0.1) is 0 Å². The van der Waals surface area contributed by atoms with Crippen molar-refractivity contribution in [3.63, 3.8) is 0 Å². The molecule has 0 N–H and O–H groups in total. The number of hydrogen-bond donors (Lipinski definition) is 0. The van der Waals surface area contributed by atoms with Crippen LogP contribution in [0.25, 0.3) is 0 Å². The molecular formula is C18H21F3O5. The molecule has 1 aromatic rings. The molecule has 1 aliphatic rings. The second kappa shape index (κ2) is 8.07. The maximum absolute atomic E-state index is 13.8. The van der Waals surface area contributed by atoms with Gasteiger partial charge in [0.05, 0.1) is 0 Å². The highest BCUT2D eigenvalue weighted by molar-refractivity contribution is 5.82. The van der Waals surface area contributed by atoms with Crippen molar-refractivity contribution in [2.45, 2.75) is 56.6 Å². The Morgan fingerprint density at radius 1 is 1.04 bits per heavy atom. The number of benzene rings is 1. The van der Waals surface area contributed by atoms with Gasteiger partial charge in [-0.1, -0.05) is 30.3 Å². The van der Waals surface area contributed by atoms with E-state index in [0.717, 1.165) is 7.11 Å². The van der Waals surface area contributed by atoms with Crippen LogP contribution in [0.5, 0.6) is 0 Å². The minimum atomic E-state index is -5.01. The van der Waals surface area contributed by atoms with Crippen molar-refractivity contribution in [2.75, 3.05) is 7.11 Å². The zero-order valence-electron chi connectivity index (χ0n) is 14.5. The maximum Gasteiger partial charge on any atom is 0.432 e. The van der Waals surface area contributed by atoms with Crippen molar-refractivity contribution < 1.29 is 37.0 Å². The summed E-state index contributed by atoms with van der Waals surface area (Å²) in [5, 5.41) is 0. The van der Waals surface area contributed by atoms with Gasteiger partial charge in [-0.05, 0) is 19.3 Å². The molecule has 0 bridgehead atoms. The van der Waals surface area contributed by atoms with Gasteiger partial charge in [0.2, 0.25) is 0 Å². The maximum atomic E-state index is 13.8. The third kappa shape index (κ3) is 4.17. The molecule has 0 radical (unpaired) electrons. The van der Waals surface area contributed by atoms with Crippen LogP contribution in [0, 0.1) is 0 Å². The minimum absolute atomic E-state index is 0.164. The number of ether oxygens (including phenoxy) is 3. The van der Waals surface area contributed by atoms with E-state index in [1.54, 1.807) is 0 Å². The van der Waals surface area contributed by atoms with E-state index in [4.69, 9.17) is 14.2 Å². The van der Waals surface area contributed by atoms with Crippen LogP contribution in [-0.2, 0) is 29.4 Å². The average Bonchev–Trinajstić information content (AvgIpc) is 2.55. The Balaban J connectivity index is 2.24. The van der Waals surface area contributed by atoms with Crippen molar-refractivity contribution in [3.05, 3.63) is 35.9 Å². The Labute approximate surface area is 149 Å². The lowest BCUT2D eigenvalue weighted by Gasteiger charge is -2.35. The lowest BCUT2D eigenvalue weighted by molar-refractivity contribution is -0.278. The molecule has 8 heteroatoms. The predicted molar refractivity (Wildman–Crippen MR) is 85.1 cm³/mol. The van der Waals surface area contributed by atoms with E-state index >= 15 is 0 Å². The van der Waals surface area contributed by atoms with Crippen molar-refractivity contribution in [1.82, 2.24) is 0 Å². The fourth-order valence-electron chi connectivity index (χ4n) is 3.17. The van der Waals surface area contributed by atoms with E-state index in [-0.39, 0.29) is 12.0 Å². The van der Waals surface area contributed by atoms with E-state index in [2.05, 4.69) is 0 Å². The number of carbonyl (C=O) groups excluding carboxylic acids is 2. The van der Waals surface area contributed by atoms with Crippen molar-refractivity contribution in [1.29, 1.82) is 0 Å². The fourth-order valence-corrected chi connectivity index (χ4v) is 3.17. The summed E-state index contributed by atoms with van der Waals surface area (Å²) in [6.45, 7) is 1.25. The first kappa shape index (κ1) is 20.2. The zero-order chi connectivity index (χ0) is 19.4. The predicted octanol–water partition coefficient (Wildman–Crippen LogP) is 3.51. The van der Waals surface area contributed by atoms with Gasteiger partial charge < -0.3 is 14.2 Å². The Kier molecular flexibility index (Phi) is 6.28. The van der Waals surface area contributed by atoms with Crippen molar-refractivity contribution in [2.24, 2.45) is 0 Å². The number of esters is 2. The minimum Gasteiger partial charge on any atom is -0.462 e. The Morgan fingerprint density at radius 3 is 2.12 bits per heavy atom. The summed E-state index contributed by atoms with van der Waals surface area (Å²) in [5.41, 5.74) is -3.56. The Bertz CT molecular complexity index is 631. The smallest absolute Gasteiger partial charge is 0.432 e. The van der Waals surface area contributed by atoms with E-state index < -0.39 is 35.9 Å². The molecule has 0 aromatic heterocycles. The summed E-state index contributed by atoms with van der Waals surface area (Å²) in [4.78, 5) is 23.6. The van der Waals surface area contributed by atoms with Gasteiger partial charge in [-0.2, -0.15) is 13.2 Å². The molecule has 1 saturated carbocycles. The summed E-state index contributed by atoms with van der Waals surface area (Å²) in [6, 6.07) is 6.65. The van der Waals surface area contributed by atoms with Gasteiger partial charge in [-0.25, -0.2) is 4.79 Å². The molecule has 0 heterocycles. The van der Waals surface area contributed by atoms with E-state index in [1.165, 1.54) is 37.3 Å². The molecular weight excluding hydrogens is 353 g/mol. The second-order valence-electron chi connectivity index (χ2n) is 6.17. The van der Waals surface area contributed by atoms with Crippen LogP contribution in [0.2, 0.25) is 0 Å². The van der Waals surface area contributed by atoms with E-state index in [9.17, 15) is 22.8 Å². The Hall–Kier alpha value is -2.09. The third-order valence-electron chi connectivity index (χ3n) is 4.36. The molecule has 0 aliphatic heterocycles. The SMILES string of the molecule is COC(C(=O)OC1CCCC(OC(C)=O)C1)(c1ccccc1)C(F)(F)F. The van der Waals surface area contributed by atoms with Gasteiger partial charge in [0.15, 0.2) is 0 Å². The highest BCUT2D eigenvalue weighted by atomic mass is 19.4. The van der Waals surface area contributed by atoms with Crippen LogP contribution in [-0.4, -0.2) is 37.4 Å². The number of halogens is 3. The second-order valence-corrected chi connectivity index (χ2v) is 6.17. The van der Waals surface area contributed by atoms with Crippen LogP contribution >= 0.6 is 0 Å². The molecule has 0 amide bonds. The fraction of sp³-hybridized carbons (Fsp3) is 0.556. The Morgan fingerprint density at radius 2 is 1.62 bits per heavy atom. The first-order valence-corrected chi connectivity index (χ1v) is 8.26. The summed E-state index contributed by atoms with van der Waals surface area (Å²) in [6.07, 6.45) is -4.54. The zero-order valence-corrected chi connectivity index (χ0v) is 14.5. The van der Waals surface area contributed by atoms with E-state index in [0.29, 0.717) is 19.3 Å². The molecule has 26 heavy (non-hydrogen) atoms. The topological polar surface area (TPSA) is 61.8 Å². The quantitative estimate of drug-likeness (QED) is 0.738. The first-order chi connectivity index (χ1) is 12.2. The largest absolute Gasteiger partial charge is 0.462 e. The molecule has 3 atom stereocenters. The van der Waals surface area contributed by atoms with Gasteiger partial charge in [-0.3, -0.25) is 4.79 Å². The molecule has 0 saturated heterocycles. The highest BCUT2D eigenvalue weighted by Crippen LogP contribution is 2.43. The summed E-state index contributed by atoms with van der Waals surface area (Å²) in [7, 11) is 0.824. The third-order valence-corrected chi connectivity index (χ3v) is 4.36. The van der Waals surface area contributed by atoms with E-state index in [1.807, 2.05) is 0 Å². The summed E-state index contributed by atoms with van der Waals surface area (Å²) < 4.78 is 56.4. The monoisotopic (exact) mass is 374 g/mol. The molecule has 5 nitrogen and oxygen atoms in total. The average molecular weight is 374 g/mol. The first-order valence-electron chi connectivity index (χ1n) is 8.26. The molecule has 144 valence electrons. The number of hydrogen-bond acceptors (Lipinski definition) is 5. The van der Waals surface area contributed by atoms with Gasteiger partial charge in [0.1, 0.15) is 12.2 Å². The molecule has 1 fully saturated rings. The van der Waals surface area contributed by atoms with Crippen molar-refractivity contribution >= 4 is 11.9 Å². The van der Waals surface area contributed by atoms with Crippen LogP contribution in [0.4, 0.5) is 13.2 Å². The molecule has 1 aromatic carbocycles. The van der Waals surface area contributed by atoms with Crippen LogP contribution in [0.1, 0.15) is 38.2 Å². The van der Waals surface area contributed by atoms with Gasteiger partial charge in [0.25, 0.3) is 5.60 Å². The van der Waals surface area contributed by atoms with Crippen LogP contribution in [0.3, 0.4) is 0 Å². The number of alkyl halides is 3. The number of rotatable bonds is 5. The summed E-state index contributed by atoms with van der Waals surface area (Å²) >= 11 is 0. The molecule has 1 aliphatic carbocycles. The lowest BCUT2D eigenvalue weighted by atomic mass is 9.91. The standard InChI is InChI=1S/C18H21F3O5/c1-12(22)25-14-9-6-10-15(11-14)26-16(23)17(24-2,18(19,20)21)13-7-4-3-5-8-13/h3-5,7-8,14-15H,6,9-11H2,1-2H3. The van der Waals surface area contributed by atoms with Crippen LogP contribution < -0.4 is 0 Å². The van der Waals surface area contributed by atoms with Crippen LogP contribution in [0.15, 0.2) is 30.3 Å². The van der Waals surface area contributed by atoms with Crippen molar-refractivity contribution in [3.8, 4) is 0 Å². The molecule has 0 spiro atoms. The van der Waals surface area contributed by atoms with Gasteiger partial charge >= 0.3 is 18.1 Å².